The van der Waals surface area contributed by atoms with E-state index in [0.717, 1.165) is 24.9 Å². The van der Waals surface area contributed by atoms with Gasteiger partial charge in [-0.05, 0) is 41.7 Å². The molecule has 0 amide bonds. The average molecular weight is 341 g/mol. The monoisotopic (exact) mass is 341 g/mol. The third-order valence-electron chi connectivity index (χ3n) is 4.03. The molecule has 0 spiro atoms. The Bertz CT molecular complexity index is 697. The summed E-state index contributed by atoms with van der Waals surface area (Å²) in [6.07, 6.45) is 1.98. The van der Waals surface area contributed by atoms with Gasteiger partial charge in [-0.3, -0.25) is 0 Å². The van der Waals surface area contributed by atoms with Crippen molar-refractivity contribution in [2.24, 2.45) is 10.7 Å². The SMILES string of the molecule is CCc1ccc(CCNC(N)=NCc2ccc(OC)c(OC)c2)cc1. The van der Waals surface area contributed by atoms with Crippen molar-refractivity contribution in [3.05, 3.63) is 59.2 Å². The Balaban J connectivity index is 1.82. The van der Waals surface area contributed by atoms with Gasteiger partial charge < -0.3 is 20.5 Å². The molecule has 0 saturated carbocycles. The number of hydrogen-bond donors (Lipinski definition) is 2. The van der Waals surface area contributed by atoms with E-state index in [0.29, 0.717) is 24.0 Å². The number of guanidine groups is 1. The van der Waals surface area contributed by atoms with Crippen LogP contribution in [-0.4, -0.2) is 26.7 Å². The van der Waals surface area contributed by atoms with Crippen LogP contribution in [-0.2, 0) is 19.4 Å². The van der Waals surface area contributed by atoms with Crippen molar-refractivity contribution >= 4 is 5.96 Å². The standard InChI is InChI=1S/C20H27N3O2/c1-4-15-5-7-16(8-6-15)11-12-22-20(21)23-14-17-9-10-18(24-2)19(13-17)25-3/h5-10,13H,4,11-12,14H2,1-3H3,(H3,21,22,23). The summed E-state index contributed by atoms with van der Waals surface area (Å²) < 4.78 is 10.5. The molecule has 0 unspecified atom stereocenters. The van der Waals surface area contributed by atoms with Gasteiger partial charge in [0.15, 0.2) is 17.5 Å². The van der Waals surface area contributed by atoms with Crippen LogP contribution in [0.3, 0.4) is 0 Å². The fourth-order valence-corrected chi connectivity index (χ4v) is 2.49. The zero-order valence-electron chi connectivity index (χ0n) is 15.2. The van der Waals surface area contributed by atoms with Crippen LogP contribution in [0.5, 0.6) is 11.5 Å². The van der Waals surface area contributed by atoms with Gasteiger partial charge in [-0.1, -0.05) is 37.3 Å². The second-order valence-corrected chi connectivity index (χ2v) is 5.74. The molecule has 2 aromatic carbocycles. The molecule has 0 radical (unpaired) electrons. The van der Waals surface area contributed by atoms with E-state index in [1.807, 2.05) is 18.2 Å². The highest BCUT2D eigenvalue weighted by Crippen LogP contribution is 2.27. The minimum atomic E-state index is 0.444. The molecule has 0 aliphatic rings. The van der Waals surface area contributed by atoms with Crippen LogP contribution in [0, 0.1) is 0 Å². The lowest BCUT2D eigenvalue weighted by Gasteiger charge is -2.09. The Morgan fingerprint density at radius 3 is 2.24 bits per heavy atom. The van der Waals surface area contributed by atoms with Crippen LogP contribution in [0.4, 0.5) is 0 Å². The van der Waals surface area contributed by atoms with E-state index < -0.39 is 0 Å². The molecule has 0 fully saturated rings. The molecule has 134 valence electrons. The maximum atomic E-state index is 5.94. The second kappa shape index (κ2) is 9.57. The molecule has 25 heavy (non-hydrogen) atoms. The maximum Gasteiger partial charge on any atom is 0.188 e. The molecular formula is C20H27N3O2. The minimum Gasteiger partial charge on any atom is -0.493 e. The first kappa shape index (κ1) is 18.6. The number of nitrogens with two attached hydrogens (primary N) is 1. The molecular weight excluding hydrogens is 314 g/mol. The Kier molecular flexibility index (Phi) is 7.14. The fraction of sp³-hybridized carbons (Fsp3) is 0.350. The number of ether oxygens (including phenoxy) is 2. The topological polar surface area (TPSA) is 68.9 Å². The highest BCUT2D eigenvalue weighted by Gasteiger charge is 2.04. The molecule has 2 rings (SSSR count). The van der Waals surface area contributed by atoms with Gasteiger partial charge in [0.05, 0.1) is 20.8 Å². The van der Waals surface area contributed by atoms with Crippen molar-refractivity contribution in [1.82, 2.24) is 5.32 Å². The van der Waals surface area contributed by atoms with Gasteiger partial charge >= 0.3 is 0 Å². The van der Waals surface area contributed by atoms with Gasteiger partial charge in [-0.15, -0.1) is 0 Å². The van der Waals surface area contributed by atoms with Gasteiger partial charge in [0.25, 0.3) is 0 Å². The number of aliphatic imine (C=N–C) groups is 1. The molecule has 5 nitrogen and oxygen atoms in total. The molecule has 2 aromatic rings. The van der Waals surface area contributed by atoms with Crippen LogP contribution in [0.15, 0.2) is 47.5 Å². The lowest BCUT2D eigenvalue weighted by atomic mass is 10.1. The number of hydrogen-bond acceptors (Lipinski definition) is 3. The van der Waals surface area contributed by atoms with Gasteiger partial charge in [0, 0.05) is 6.54 Å². The molecule has 3 N–H and O–H groups in total. The Labute approximate surface area is 149 Å². The van der Waals surface area contributed by atoms with Gasteiger partial charge in [0.1, 0.15) is 0 Å². The fourth-order valence-electron chi connectivity index (χ4n) is 2.49. The summed E-state index contributed by atoms with van der Waals surface area (Å²) in [6, 6.07) is 14.4. The van der Waals surface area contributed by atoms with Crippen molar-refractivity contribution in [3.63, 3.8) is 0 Å². The quantitative estimate of drug-likeness (QED) is 0.572. The van der Waals surface area contributed by atoms with Crippen LogP contribution >= 0.6 is 0 Å². The van der Waals surface area contributed by atoms with Gasteiger partial charge in [-0.2, -0.15) is 0 Å². The Morgan fingerprint density at radius 1 is 0.960 bits per heavy atom. The molecule has 0 aliphatic heterocycles. The van der Waals surface area contributed by atoms with E-state index in [-0.39, 0.29) is 0 Å². The second-order valence-electron chi connectivity index (χ2n) is 5.74. The van der Waals surface area contributed by atoms with E-state index in [2.05, 4.69) is 41.5 Å². The van der Waals surface area contributed by atoms with Crippen molar-refractivity contribution in [2.45, 2.75) is 26.3 Å². The number of nitrogens with zero attached hydrogens (tertiary/aromatic N) is 1. The number of benzene rings is 2. The van der Waals surface area contributed by atoms with Crippen molar-refractivity contribution < 1.29 is 9.47 Å². The number of rotatable bonds is 8. The predicted octanol–water partition coefficient (Wildman–Crippen LogP) is 2.91. The summed E-state index contributed by atoms with van der Waals surface area (Å²) in [6.45, 7) is 3.41. The third-order valence-corrected chi connectivity index (χ3v) is 4.03. The zero-order chi connectivity index (χ0) is 18.1. The lowest BCUT2D eigenvalue weighted by Crippen LogP contribution is -2.33. The summed E-state index contributed by atoms with van der Waals surface area (Å²) in [4.78, 5) is 4.37. The molecule has 0 atom stereocenters. The molecule has 0 aliphatic carbocycles. The number of nitrogens with one attached hydrogen (secondary N) is 1. The van der Waals surface area contributed by atoms with Crippen molar-refractivity contribution in [1.29, 1.82) is 0 Å². The molecule has 0 aromatic heterocycles. The summed E-state index contributed by atoms with van der Waals surface area (Å²) in [7, 11) is 3.24. The van der Waals surface area contributed by atoms with E-state index in [1.165, 1.54) is 11.1 Å². The Hall–Kier alpha value is -2.69. The molecule has 5 heteroatoms. The van der Waals surface area contributed by atoms with E-state index in [1.54, 1.807) is 14.2 Å². The highest BCUT2D eigenvalue weighted by atomic mass is 16.5. The summed E-state index contributed by atoms with van der Waals surface area (Å²) in [5.41, 5.74) is 9.60. The summed E-state index contributed by atoms with van der Waals surface area (Å²) in [5, 5.41) is 3.15. The highest BCUT2D eigenvalue weighted by molar-refractivity contribution is 5.77. The maximum absolute atomic E-state index is 5.94. The van der Waals surface area contributed by atoms with Gasteiger partial charge in [0.2, 0.25) is 0 Å². The smallest absolute Gasteiger partial charge is 0.188 e. The normalized spacial score (nSPS) is 11.2. The van der Waals surface area contributed by atoms with E-state index in [9.17, 15) is 0 Å². The number of aryl methyl sites for hydroxylation is 1. The minimum absolute atomic E-state index is 0.444. The van der Waals surface area contributed by atoms with Crippen LogP contribution in [0.2, 0.25) is 0 Å². The van der Waals surface area contributed by atoms with Crippen molar-refractivity contribution in [3.8, 4) is 11.5 Å². The third kappa shape index (κ3) is 5.71. The lowest BCUT2D eigenvalue weighted by molar-refractivity contribution is 0.354. The van der Waals surface area contributed by atoms with Crippen molar-refractivity contribution in [2.75, 3.05) is 20.8 Å². The molecule has 0 bridgehead atoms. The van der Waals surface area contributed by atoms with Crippen LogP contribution < -0.4 is 20.5 Å². The predicted molar refractivity (Wildman–Crippen MR) is 102 cm³/mol. The summed E-state index contributed by atoms with van der Waals surface area (Å²) >= 11 is 0. The first-order chi connectivity index (χ1) is 12.2. The first-order valence-corrected chi connectivity index (χ1v) is 8.48. The number of methoxy groups -OCH3 is 2. The Morgan fingerprint density at radius 2 is 1.60 bits per heavy atom. The largest absolute Gasteiger partial charge is 0.493 e. The van der Waals surface area contributed by atoms with Gasteiger partial charge in [-0.25, -0.2) is 4.99 Å². The van der Waals surface area contributed by atoms with Crippen LogP contribution in [0.1, 0.15) is 23.6 Å². The molecule has 0 saturated heterocycles. The van der Waals surface area contributed by atoms with E-state index >= 15 is 0 Å². The van der Waals surface area contributed by atoms with Crippen LogP contribution in [0.25, 0.3) is 0 Å². The van der Waals surface area contributed by atoms with E-state index in [4.69, 9.17) is 15.2 Å². The molecule has 0 heterocycles. The average Bonchev–Trinajstić information content (AvgIpc) is 2.66. The summed E-state index contributed by atoms with van der Waals surface area (Å²) in [5.74, 6) is 1.84. The zero-order valence-corrected chi connectivity index (χ0v) is 15.2. The first-order valence-electron chi connectivity index (χ1n) is 8.48.